The molecule has 1 aromatic rings. The Hall–Kier alpha value is -1.09. The molecule has 2 nitrogen and oxygen atoms in total. The number of rotatable bonds is 3. The van der Waals surface area contributed by atoms with Crippen LogP contribution in [0.4, 0.5) is 4.39 Å². The van der Waals surface area contributed by atoms with Gasteiger partial charge in [-0.1, -0.05) is 13.0 Å². The smallest absolute Gasteiger partial charge is 0.131 e. The van der Waals surface area contributed by atoms with Gasteiger partial charge >= 0.3 is 0 Å². The van der Waals surface area contributed by atoms with E-state index < -0.39 is 0 Å². The van der Waals surface area contributed by atoms with E-state index in [-0.39, 0.29) is 18.0 Å². The third-order valence-electron chi connectivity index (χ3n) is 3.72. The molecule has 0 spiro atoms. The van der Waals surface area contributed by atoms with Crippen LogP contribution in [0.1, 0.15) is 51.1 Å². The molecule has 1 aliphatic rings. The van der Waals surface area contributed by atoms with E-state index in [2.05, 4.69) is 6.92 Å². The lowest BCUT2D eigenvalue weighted by Crippen LogP contribution is -2.24. The van der Waals surface area contributed by atoms with Crippen molar-refractivity contribution in [2.24, 2.45) is 11.7 Å². The van der Waals surface area contributed by atoms with Crippen LogP contribution in [0.15, 0.2) is 18.2 Å². The highest BCUT2D eigenvalue weighted by atomic mass is 19.1. The van der Waals surface area contributed by atoms with E-state index in [0.717, 1.165) is 18.8 Å². The molecule has 0 unspecified atom stereocenters. The molecule has 1 fully saturated rings. The van der Waals surface area contributed by atoms with Gasteiger partial charge in [0.15, 0.2) is 0 Å². The Bertz CT molecular complexity index is 397. The Morgan fingerprint density at radius 3 is 2.56 bits per heavy atom. The molecule has 1 aliphatic carbocycles. The zero-order valence-electron chi connectivity index (χ0n) is 11.2. The number of ether oxygens (including phenoxy) is 1. The zero-order chi connectivity index (χ0) is 13.1. The quantitative estimate of drug-likeness (QED) is 0.886. The molecule has 0 bridgehead atoms. The lowest BCUT2D eigenvalue weighted by atomic mass is 9.89. The number of halogens is 1. The molecule has 0 aromatic heterocycles. The highest BCUT2D eigenvalue weighted by Crippen LogP contribution is 2.31. The zero-order valence-corrected chi connectivity index (χ0v) is 11.2. The summed E-state index contributed by atoms with van der Waals surface area (Å²) in [5.74, 6) is 1.13. The van der Waals surface area contributed by atoms with Crippen molar-refractivity contribution < 1.29 is 9.13 Å². The van der Waals surface area contributed by atoms with Gasteiger partial charge in [-0.15, -0.1) is 0 Å². The van der Waals surface area contributed by atoms with Crippen molar-refractivity contribution in [1.82, 2.24) is 0 Å². The van der Waals surface area contributed by atoms with Gasteiger partial charge in [-0.2, -0.15) is 0 Å². The average Bonchev–Trinajstić information content (AvgIpc) is 2.32. The van der Waals surface area contributed by atoms with Gasteiger partial charge in [0.2, 0.25) is 0 Å². The third-order valence-corrected chi connectivity index (χ3v) is 3.72. The molecule has 1 aromatic carbocycles. The number of hydrogen-bond donors (Lipinski definition) is 1. The molecule has 0 radical (unpaired) electrons. The standard InChI is InChI=1S/C15H22FNO/c1-10-6-8-12(9-7-10)18-14-5-3-4-13(16)15(14)11(2)17/h3-5,10-12H,6-9,17H2,1-2H3/t10?,11-,12?/m1/s1. The largest absolute Gasteiger partial charge is 0.490 e. The van der Waals surface area contributed by atoms with E-state index in [0.29, 0.717) is 11.3 Å². The van der Waals surface area contributed by atoms with Crippen molar-refractivity contribution in [3.05, 3.63) is 29.6 Å². The second-order valence-corrected chi connectivity index (χ2v) is 5.44. The van der Waals surface area contributed by atoms with Gasteiger partial charge in [0, 0.05) is 11.6 Å². The molecule has 0 heterocycles. The van der Waals surface area contributed by atoms with E-state index >= 15 is 0 Å². The van der Waals surface area contributed by atoms with Crippen molar-refractivity contribution in [1.29, 1.82) is 0 Å². The van der Waals surface area contributed by atoms with E-state index in [1.165, 1.54) is 18.9 Å². The fourth-order valence-corrected chi connectivity index (χ4v) is 2.59. The van der Waals surface area contributed by atoms with Gasteiger partial charge < -0.3 is 10.5 Å². The summed E-state index contributed by atoms with van der Waals surface area (Å²) in [5, 5.41) is 0. The summed E-state index contributed by atoms with van der Waals surface area (Å²) in [6.07, 6.45) is 4.69. The Labute approximate surface area is 108 Å². The predicted molar refractivity (Wildman–Crippen MR) is 71.1 cm³/mol. The Morgan fingerprint density at radius 2 is 1.94 bits per heavy atom. The monoisotopic (exact) mass is 251 g/mol. The van der Waals surface area contributed by atoms with Crippen LogP contribution in [-0.2, 0) is 0 Å². The molecule has 0 saturated heterocycles. The molecular formula is C15H22FNO. The van der Waals surface area contributed by atoms with Crippen LogP contribution >= 0.6 is 0 Å². The van der Waals surface area contributed by atoms with Gasteiger partial charge in [0.25, 0.3) is 0 Å². The Morgan fingerprint density at radius 1 is 1.28 bits per heavy atom. The van der Waals surface area contributed by atoms with E-state index in [1.54, 1.807) is 13.0 Å². The minimum absolute atomic E-state index is 0.209. The Kier molecular flexibility index (Phi) is 4.23. The number of nitrogens with two attached hydrogens (primary N) is 1. The van der Waals surface area contributed by atoms with Crippen molar-refractivity contribution in [2.45, 2.75) is 51.7 Å². The molecule has 3 heteroatoms. The highest BCUT2D eigenvalue weighted by molar-refractivity contribution is 5.37. The first-order valence-electron chi connectivity index (χ1n) is 6.78. The van der Waals surface area contributed by atoms with E-state index in [1.807, 2.05) is 6.07 Å². The molecule has 2 N–H and O–H groups in total. The maximum absolute atomic E-state index is 13.8. The van der Waals surface area contributed by atoms with Crippen LogP contribution in [0.3, 0.4) is 0 Å². The van der Waals surface area contributed by atoms with Gasteiger partial charge in [-0.05, 0) is 50.7 Å². The van der Waals surface area contributed by atoms with Crippen LogP contribution in [0, 0.1) is 11.7 Å². The number of hydrogen-bond acceptors (Lipinski definition) is 2. The molecule has 1 atom stereocenters. The first-order valence-corrected chi connectivity index (χ1v) is 6.78. The minimum Gasteiger partial charge on any atom is -0.490 e. The fraction of sp³-hybridized carbons (Fsp3) is 0.600. The maximum atomic E-state index is 13.8. The summed E-state index contributed by atoms with van der Waals surface area (Å²) < 4.78 is 19.7. The average molecular weight is 251 g/mol. The second kappa shape index (κ2) is 5.70. The summed E-state index contributed by atoms with van der Waals surface area (Å²) in [5.41, 5.74) is 6.32. The molecular weight excluding hydrogens is 229 g/mol. The Balaban J connectivity index is 2.11. The summed E-state index contributed by atoms with van der Waals surface area (Å²) in [4.78, 5) is 0. The van der Waals surface area contributed by atoms with Gasteiger partial charge in [0.05, 0.1) is 6.10 Å². The normalized spacial score (nSPS) is 25.8. The number of benzene rings is 1. The summed E-state index contributed by atoms with van der Waals surface area (Å²) in [6.45, 7) is 4.06. The maximum Gasteiger partial charge on any atom is 0.131 e. The molecule has 0 aliphatic heterocycles. The van der Waals surface area contributed by atoms with Gasteiger partial charge in [-0.3, -0.25) is 0 Å². The van der Waals surface area contributed by atoms with Crippen LogP contribution in [-0.4, -0.2) is 6.10 Å². The highest BCUT2D eigenvalue weighted by Gasteiger charge is 2.22. The van der Waals surface area contributed by atoms with Crippen LogP contribution in [0.5, 0.6) is 5.75 Å². The van der Waals surface area contributed by atoms with Gasteiger partial charge in [-0.25, -0.2) is 4.39 Å². The lowest BCUT2D eigenvalue weighted by molar-refractivity contribution is 0.133. The summed E-state index contributed by atoms with van der Waals surface area (Å²) >= 11 is 0. The molecule has 100 valence electrons. The topological polar surface area (TPSA) is 35.2 Å². The van der Waals surface area contributed by atoms with Gasteiger partial charge in [0.1, 0.15) is 11.6 Å². The first kappa shape index (κ1) is 13.3. The van der Waals surface area contributed by atoms with Crippen LogP contribution < -0.4 is 10.5 Å². The van der Waals surface area contributed by atoms with Crippen molar-refractivity contribution in [2.75, 3.05) is 0 Å². The fourth-order valence-electron chi connectivity index (χ4n) is 2.59. The predicted octanol–water partition coefficient (Wildman–Crippen LogP) is 3.80. The van der Waals surface area contributed by atoms with E-state index in [4.69, 9.17) is 10.5 Å². The molecule has 18 heavy (non-hydrogen) atoms. The summed E-state index contributed by atoms with van der Waals surface area (Å²) in [7, 11) is 0. The lowest BCUT2D eigenvalue weighted by Gasteiger charge is -2.28. The van der Waals surface area contributed by atoms with Crippen molar-refractivity contribution in [3.63, 3.8) is 0 Å². The van der Waals surface area contributed by atoms with Crippen molar-refractivity contribution in [3.8, 4) is 5.75 Å². The molecule has 0 amide bonds. The summed E-state index contributed by atoms with van der Waals surface area (Å²) in [6, 6.07) is 4.60. The molecule has 1 saturated carbocycles. The van der Waals surface area contributed by atoms with Crippen LogP contribution in [0.2, 0.25) is 0 Å². The third kappa shape index (κ3) is 3.02. The minimum atomic E-state index is -0.344. The SMILES string of the molecule is CC1CCC(Oc2cccc(F)c2[C@@H](C)N)CC1. The second-order valence-electron chi connectivity index (χ2n) is 5.44. The van der Waals surface area contributed by atoms with Crippen molar-refractivity contribution >= 4 is 0 Å². The van der Waals surface area contributed by atoms with E-state index in [9.17, 15) is 4.39 Å². The first-order chi connectivity index (χ1) is 8.58. The molecule has 2 rings (SSSR count). The van der Waals surface area contributed by atoms with Crippen LogP contribution in [0.25, 0.3) is 0 Å².